The monoisotopic (exact) mass is 405 g/mol. The molecular formula is C21H16ClN5O2. The maximum absolute atomic E-state index is 12.2. The molecular weight excluding hydrogens is 390 g/mol. The number of nitrogens with one attached hydrogen (secondary N) is 2. The van der Waals surface area contributed by atoms with Crippen molar-refractivity contribution in [2.75, 3.05) is 11.2 Å². The number of halogens is 1. The van der Waals surface area contributed by atoms with Gasteiger partial charge in [-0.25, -0.2) is 4.98 Å². The van der Waals surface area contributed by atoms with Crippen LogP contribution < -0.4 is 21.3 Å². The fraction of sp³-hybridized carbons (Fsp3) is 0. The lowest BCUT2D eigenvalue weighted by Crippen LogP contribution is -2.30. The summed E-state index contributed by atoms with van der Waals surface area (Å²) in [6.45, 7) is 0. The molecule has 0 aliphatic rings. The van der Waals surface area contributed by atoms with Crippen LogP contribution in [0.3, 0.4) is 0 Å². The number of carbonyl (C=O) groups is 1. The molecule has 144 valence electrons. The Labute approximate surface area is 171 Å². The van der Waals surface area contributed by atoms with E-state index >= 15 is 0 Å². The Morgan fingerprint density at radius 1 is 0.966 bits per heavy atom. The van der Waals surface area contributed by atoms with Gasteiger partial charge in [-0.2, -0.15) is 4.98 Å². The van der Waals surface area contributed by atoms with Crippen LogP contribution in [-0.2, 0) is 0 Å². The molecule has 0 aliphatic heterocycles. The molecule has 0 unspecified atom stereocenters. The number of nitrogens with zero attached hydrogens (tertiary/aromatic N) is 2. The first-order chi connectivity index (χ1) is 14.1. The number of amides is 1. The van der Waals surface area contributed by atoms with Crippen LogP contribution in [0.1, 0.15) is 10.4 Å². The zero-order valence-corrected chi connectivity index (χ0v) is 15.9. The Morgan fingerprint density at radius 3 is 2.52 bits per heavy atom. The molecule has 0 radical (unpaired) electrons. The van der Waals surface area contributed by atoms with Crippen LogP contribution in [0.4, 0.5) is 11.5 Å². The molecule has 0 spiro atoms. The Bertz CT molecular complexity index is 1180. The van der Waals surface area contributed by atoms with Crippen LogP contribution in [0.5, 0.6) is 11.6 Å². The van der Waals surface area contributed by atoms with Crippen molar-refractivity contribution < 1.29 is 9.53 Å². The Hall–Kier alpha value is -3.84. The maximum atomic E-state index is 12.2. The van der Waals surface area contributed by atoms with Gasteiger partial charge in [0.2, 0.25) is 5.88 Å². The normalized spacial score (nSPS) is 10.5. The van der Waals surface area contributed by atoms with E-state index in [9.17, 15) is 4.79 Å². The zero-order chi connectivity index (χ0) is 20.2. The van der Waals surface area contributed by atoms with Gasteiger partial charge in [0.15, 0.2) is 5.82 Å². The van der Waals surface area contributed by atoms with E-state index in [1.165, 1.54) is 6.33 Å². The van der Waals surface area contributed by atoms with Gasteiger partial charge in [-0.1, -0.05) is 41.9 Å². The highest BCUT2D eigenvalue weighted by Gasteiger charge is 2.12. The third-order valence-electron chi connectivity index (χ3n) is 4.18. The number of nitrogen functional groups attached to an aromatic ring is 1. The van der Waals surface area contributed by atoms with Crippen molar-refractivity contribution in [3.63, 3.8) is 0 Å². The van der Waals surface area contributed by atoms with Crippen LogP contribution in [-0.4, -0.2) is 15.9 Å². The van der Waals surface area contributed by atoms with Crippen molar-refractivity contribution >= 4 is 39.8 Å². The lowest BCUT2D eigenvalue weighted by molar-refractivity contribution is 0.0962. The lowest BCUT2D eigenvalue weighted by atomic mass is 10.1. The number of nitrogens with two attached hydrogens (primary N) is 1. The predicted octanol–water partition coefficient (Wildman–Crippen LogP) is 4.41. The van der Waals surface area contributed by atoms with E-state index in [2.05, 4.69) is 20.8 Å². The molecule has 0 atom stereocenters. The van der Waals surface area contributed by atoms with Gasteiger partial charge < -0.3 is 10.5 Å². The summed E-state index contributed by atoms with van der Waals surface area (Å²) >= 11 is 5.83. The number of hydrazine groups is 1. The average molecular weight is 406 g/mol. The Morgan fingerprint density at radius 2 is 1.72 bits per heavy atom. The second kappa shape index (κ2) is 8.04. The molecule has 0 saturated heterocycles. The minimum atomic E-state index is -0.364. The van der Waals surface area contributed by atoms with E-state index < -0.39 is 0 Å². The number of benzene rings is 3. The van der Waals surface area contributed by atoms with E-state index in [1.54, 1.807) is 24.3 Å². The highest BCUT2D eigenvalue weighted by atomic mass is 35.5. The van der Waals surface area contributed by atoms with Crippen LogP contribution in [0.25, 0.3) is 10.8 Å². The van der Waals surface area contributed by atoms with Crippen LogP contribution in [0, 0.1) is 0 Å². The molecule has 0 fully saturated rings. The fourth-order valence-corrected chi connectivity index (χ4v) is 2.82. The second-order valence-corrected chi connectivity index (χ2v) is 6.57. The summed E-state index contributed by atoms with van der Waals surface area (Å²) in [5.74, 6) is 0.624. The van der Waals surface area contributed by atoms with Crippen molar-refractivity contribution in [1.29, 1.82) is 0 Å². The molecule has 0 saturated carbocycles. The van der Waals surface area contributed by atoms with Crippen LogP contribution >= 0.6 is 11.6 Å². The average Bonchev–Trinajstić information content (AvgIpc) is 2.74. The number of fused-ring (bicyclic) bond motifs is 1. The molecule has 4 N–H and O–H groups in total. The quantitative estimate of drug-likeness (QED) is 0.425. The van der Waals surface area contributed by atoms with E-state index in [0.717, 1.165) is 10.8 Å². The topological polar surface area (TPSA) is 102 Å². The first-order valence-electron chi connectivity index (χ1n) is 8.69. The minimum Gasteiger partial charge on any atom is -0.437 e. The van der Waals surface area contributed by atoms with E-state index in [1.807, 2.05) is 42.5 Å². The summed E-state index contributed by atoms with van der Waals surface area (Å²) in [4.78, 5) is 20.3. The van der Waals surface area contributed by atoms with Gasteiger partial charge in [-0.3, -0.25) is 15.6 Å². The highest BCUT2D eigenvalue weighted by molar-refractivity contribution is 6.30. The molecule has 1 aromatic heterocycles. The van der Waals surface area contributed by atoms with Gasteiger partial charge in [0.05, 0.1) is 0 Å². The summed E-state index contributed by atoms with van der Waals surface area (Å²) in [7, 11) is 0. The van der Waals surface area contributed by atoms with Gasteiger partial charge in [-0.15, -0.1) is 0 Å². The molecule has 0 bridgehead atoms. The Balaban J connectivity index is 1.49. The highest BCUT2D eigenvalue weighted by Crippen LogP contribution is 2.30. The molecule has 29 heavy (non-hydrogen) atoms. The van der Waals surface area contributed by atoms with Crippen molar-refractivity contribution in [3.8, 4) is 11.6 Å². The SMILES string of the molecule is Nc1c(NNC(=O)c2ccc(Cl)cc2)ncnc1Oc1ccc2ccccc2c1. The lowest BCUT2D eigenvalue weighted by Gasteiger charge is -2.13. The van der Waals surface area contributed by atoms with E-state index in [-0.39, 0.29) is 23.3 Å². The third-order valence-corrected chi connectivity index (χ3v) is 4.44. The third kappa shape index (κ3) is 4.20. The van der Waals surface area contributed by atoms with Crippen molar-refractivity contribution in [3.05, 3.63) is 83.6 Å². The summed E-state index contributed by atoms with van der Waals surface area (Å²) < 4.78 is 5.82. The van der Waals surface area contributed by atoms with Gasteiger partial charge in [0.1, 0.15) is 17.8 Å². The summed E-state index contributed by atoms with van der Waals surface area (Å²) in [5.41, 5.74) is 11.9. The number of hydrogen-bond donors (Lipinski definition) is 3. The first-order valence-corrected chi connectivity index (χ1v) is 9.07. The fourth-order valence-electron chi connectivity index (χ4n) is 2.69. The largest absolute Gasteiger partial charge is 0.437 e. The number of anilines is 2. The molecule has 1 amide bonds. The van der Waals surface area contributed by atoms with Gasteiger partial charge in [0, 0.05) is 10.6 Å². The molecule has 8 heteroatoms. The van der Waals surface area contributed by atoms with Gasteiger partial charge >= 0.3 is 0 Å². The molecule has 4 rings (SSSR count). The van der Waals surface area contributed by atoms with E-state index in [0.29, 0.717) is 16.3 Å². The Kier molecular flexibility index (Phi) is 5.13. The number of carbonyl (C=O) groups excluding carboxylic acids is 1. The summed E-state index contributed by atoms with van der Waals surface area (Å²) in [6.07, 6.45) is 1.30. The first kappa shape index (κ1) is 18.5. The predicted molar refractivity (Wildman–Crippen MR) is 113 cm³/mol. The number of hydrogen-bond acceptors (Lipinski definition) is 6. The number of rotatable bonds is 5. The zero-order valence-electron chi connectivity index (χ0n) is 15.1. The molecule has 7 nitrogen and oxygen atoms in total. The number of aromatic nitrogens is 2. The smallest absolute Gasteiger partial charge is 0.269 e. The van der Waals surface area contributed by atoms with Gasteiger partial charge in [0.25, 0.3) is 5.91 Å². The molecule has 0 aliphatic carbocycles. The molecule has 4 aromatic rings. The van der Waals surface area contributed by atoms with Crippen LogP contribution in [0.2, 0.25) is 5.02 Å². The van der Waals surface area contributed by atoms with Crippen LogP contribution in [0.15, 0.2) is 73.1 Å². The van der Waals surface area contributed by atoms with Crippen molar-refractivity contribution in [2.45, 2.75) is 0 Å². The minimum absolute atomic E-state index is 0.164. The van der Waals surface area contributed by atoms with Crippen molar-refractivity contribution in [2.24, 2.45) is 0 Å². The molecule has 1 heterocycles. The second-order valence-electron chi connectivity index (χ2n) is 6.14. The maximum Gasteiger partial charge on any atom is 0.269 e. The standard InChI is InChI=1S/C21H16ClN5O2/c22-16-8-5-14(6-9-16)20(28)27-26-19-18(23)21(25-12-24-19)29-17-10-7-13-3-1-2-4-15(13)11-17/h1-12H,23H2,(H,27,28)(H,24,25,26). The van der Waals surface area contributed by atoms with Gasteiger partial charge in [-0.05, 0) is 47.2 Å². The summed E-state index contributed by atoms with van der Waals surface area (Å²) in [5, 5.41) is 2.68. The number of ether oxygens (including phenoxy) is 1. The molecule has 3 aromatic carbocycles. The van der Waals surface area contributed by atoms with E-state index in [4.69, 9.17) is 22.1 Å². The van der Waals surface area contributed by atoms with Crippen molar-refractivity contribution in [1.82, 2.24) is 15.4 Å². The summed E-state index contributed by atoms with van der Waals surface area (Å²) in [6, 6.07) is 20.1.